The highest BCUT2D eigenvalue weighted by Gasteiger charge is 2.46. The van der Waals surface area contributed by atoms with Crippen LogP contribution in [0, 0.1) is 5.82 Å². The molecule has 0 heterocycles. The first-order chi connectivity index (χ1) is 10.4. The minimum atomic E-state index is -0.861. The Bertz CT molecular complexity index is 525. The minimum Gasteiger partial charge on any atom is -0.388 e. The Morgan fingerprint density at radius 1 is 1.27 bits per heavy atom. The van der Waals surface area contributed by atoms with Crippen molar-refractivity contribution in [2.24, 2.45) is 0 Å². The lowest BCUT2D eigenvalue weighted by Gasteiger charge is -2.25. The van der Waals surface area contributed by atoms with E-state index in [0.717, 1.165) is 12.8 Å². The summed E-state index contributed by atoms with van der Waals surface area (Å²) < 4.78 is 13.9. The maximum atomic E-state index is 13.9. The Kier molecular flexibility index (Phi) is 5.06. The Hall–Kier alpha value is -1.62. The van der Waals surface area contributed by atoms with Crippen molar-refractivity contribution in [1.29, 1.82) is 0 Å². The van der Waals surface area contributed by atoms with Crippen LogP contribution < -0.4 is 10.6 Å². The van der Waals surface area contributed by atoms with Crippen molar-refractivity contribution in [3.8, 4) is 0 Å². The summed E-state index contributed by atoms with van der Waals surface area (Å²) in [7, 11) is 0. The first-order valence-corrected chi connectivity index (χ1v) is 7.94. The zero-order valence-electron chi connectivity index (χ0n) is 13.3. The number of amides is 2. The van der Waals surface area contributed by atoms with Crippen LogP contribution in [0.25, 0.3) is 0 Å². The molecule has 4 nitrogen and oxygen atoms in total. The molecule has 0 spiro atoms. The van der Waals surface area contributed by atoms with Crippen molar-refractivity contribution in [3.05, 3.63) is 35.6 Å². The molecule has 0 saturated heterocycles. The van der Waals surface area contributed by atoms with Crippen molar-refractivity contribution in [2.75, 3.05) is 13.1 Å². The van der Waals surface area contributed by atoms with Gasteiger partial charge in [-0.3, -0.25) is 0 Å². The highest BCUT2D eigenvalue weighted by atomic mass is 19.1. The lowest BCUT2D eigenvalue weighted by molar-refractivity contribution is 0.0349. The van der Waals surface area contributed by atoms with Crippen LogP contribution in [-0.4, -0.2) is 29.8 Å². The van der Waals surface area contributed by atoms with Gasteiger partial charge >= 0.3 is 6.03 Å². The van der Waals surface area contributed by atoms with Crippen LogP contribution in [0.5, 0.6) is 0 Å². The summed E-state index contributed by atoms with van der Waals surface area (Å²) in [5, 5.41) is 15.6. The second-order valence-corrected chi connectivity index (χ2v) is 6.23. The summed E-state index contributed by atoms with van der Waals surface area (Å²) in [6.07, 6.45) is 2.93. The van der Waals surface area contributed by atoms with E-state index in [1.807, 2.05) is 19.9 Å². The standard InChI is InChI=1S/C17H25FN2O2/c1-3-17(22,4-2)12-20-15(21)19-11-16(9-10-16)13-7-5-6-8-14(13)18/h5-8,22H,3-4,9-12H2,1-2H3,(H2,19,20,21). The largest absolute Gasteiger partial charge is 0.388 e. The molecule has 0 aliphatic heterocycles. The number of hydrogen-bond donors (Lipinski definition) is 3. The molecule has 0 unspecified atom stereocenters. The van der Waals surface area contributed by atoms with Crippen LogP contribution >= 0.6 is 0 Å². The fourth-order valence-electron chi connectivity index (χ4n) is 2.64. The summed E-state index contributed by atoms with van der Waals surface area (Å²) in [5.41, 5.74) is -0.455. The van der Waals surface area contributed by atoms with E-state index >= 15 is 0 Å². The van der Waals surface area contributed by atoms with Gasteiger partial charge in [0.05, 0.1) is 5.60 Å². The average molecular weight is 308 g/mol. The lowest BCUT2D eigenvalue weighted by Crippen LogP contribution is -2.47. The van der Waals surface area contributed by atoms with Gasteiger partial charge in [0.2, 0.25) is 0 Å². The van der Waals surface area contributed by atoms with Crippen LogP contribution in [0.4, 0.5) is 9.18 Å². The first-order valence-electron chi connectivity index (χ1n) is 7.94. The summed E-state index contributed by atoms with van der Waals surface area (Å²) >= 11 is 0. The molecule has 22 heavy (non-hydrogen) atoms. The molecule has 5 heteroatoms. The van der Waals surface area contributed by atoms with Gasteiger partial charge < -0.3 is 15.7 Å². The third kappa shape index (κ3) is 3.77. The number of hydrogen-bond acceptors (Lipinski definition) is 2. The molecule has 0 bridgehead atoms. The predicted octanol–water partition coefficient (Wildman–Crippen LogP) is 2.71. The number of urea groups is 1. The fourth-order valence-corrected chi connectivity index (χ4v) is 2.64. The highest BCUT2D eigenvalue weighted by Crippen LogP contribution is 2.48. The molecule has 0 radical (unpaired) electrons. The topological polar surface area (TPSA) is 61.4 Å². The van der Waals surface area contributed by atoms with Crippen molar-refractivity contribution in [3.63, 3.8) is 0 Å². The molecule has 1 fully saturated rings. The molecule has 0 aromatic heterocycles. The molecule has 2 amide bonds. The van der Waals surface area contributed by atoms with Crippen molar-refractivity contribution in [2.45, 2.75) is 50.5 Å². The van der Waals surface area contributed by atoms with Gasteiger partial charge in [0.1, 0.15) is 5.82 Å². The van der Waals surface area contributed by atoms with Crippen LogP contribution in [0.1, 0.15) is 45.1 Å². The first kappa shape index (κ1) is 16.7. The van der Waals surface area contributed by atoms with Gasteiger partial charge in [-0.1, -0.05) is 32.0 Å². The van der Waals surface area contributed by atoms with E-state index in [9.17, 15) is 14.3 Å². The second-order valence-electron chi connectivity index (χ2n) is 6.23. The van der Waals surface area contributed by atoms with E-state index in [2.05, 4.69) is 10.6 Å². The number of rotatable bonds is 7. The number of halogens is 1. The van der Waals surface area contributed by atoms with Crippen molar-refractivity contribution in [1.82, 2.24) is 10.6 Å². The molecule has 1 saturated carbocycles. The second kappa shape index (κ2) is 6.65. The molecule has 1 aromatic carbocycles. The molecule has 1 aliphatic rings. The molecule has 1 aromatic rings. The maximum Gasteiger partial charge on any atom is 0.314 e. The van der Waals surface area contributed by atoms with Gasteiger partial charge in [0.15, 0.2) is 0 Å². The third-order valence-corrected chi connectivity index (χ3v) is 4.78. The molecular weight excluding hydrogens is 283 g/mol. The van der Waals surface area contributed by atoms with E-state index in [-0.39, 0.29) is 23.8 Å². The van der Waals surface area contributed by atoms with Crippen LogP contribution in [0.15, 0.2) is 24.3 Å². The molecule has 122 valence electrons. The smallest absolute Gasteiger partial charge is 0.314 e. The van der Waals surface area contributed by atoms with Crippen LogP contribution in [0.3, 0.4) is 0 Å². The summed E-state index contributed by atoms with van der Waals surface area (Å²) in [6, 6.07) is 6.42. The monoisotopic (exact) mass is 308 g/mol. The van der Waals surface area contributed by atoms with E-state index in [1.54, 1.807) is 12.1 Å². The van der Waals surface area contributed by atoms with Gasteiger partial charge in [-0.15, -0.1) is 0 Å². The Morgan fingerprint density at radius 2 is 1.91 bits per heavy atom. The molecule has 0 atom stereocenters. The van der Waals surface area contributed by atoms with Gasteiger partial charge in [-0.05, 0) is 37.3 Å². The van der Waals surface area contributed by atoms with Gasteiger partial charge in [0, 0.05) is 18.5 Å². The van der Waals surface area contributed by atoms with Gasteiger partial charge in [-0.25, -0.2) is 9.18 Å². The molecular formula is C17H25FN2O2. The number of carbonyl (C=O) groups is 1. The highest BCUT2D eigenvalue weighted by molar-refractivity contribution is 5.74. The molecule has 2 rings (SSSR count). The fraction of sp³-hybridized carbons (Fsp3) is 0.588. The summed E-state index contributed by atoms with van der Waals surface area (Å²) in [5.74, 6) is -0.214. The normalized spacial score (nSPS) is 16.2. The maximum absolute atomic E-state index is 13.9. The van der Waals surface area contributed by atoms with E-state index in [4.69, 9.17) is 0 Å². The Balaban J connectivity index is 1.86. The van der Waals surface area contributed by atoms with Gasteiger partial charge in [0.25, 0.3) is 0 Å². The Labute approximate surface area is 131 Å². The summed E-state index contributed by atoms with van der Waals surface area (Å²) in [4.78, 5) is 11.9. The number of aliphatic hydroxyl groups is 1. The van der Waals surface area contributed by atoms with Gasteiger partial charge in [-0.2, -0.15) is 0 Å². The predicted molar refractivity (Wildman–Crippen MR) is 84.2 cm³/mol. The third-order valence-electron chi connectivity index (χ3n) is 4.78. The quantitative estimate of drug-likeness (QED) is 0.725. The molecule has 1 aliphatic carbocycles. The average Bonchev–Trinajstić information content (AvgIpc) is 3.32. The lowest BCUT2D eigenvalue weighted by atomic mass is 9.95. The van der Waals surface area contributed by atoms with E-state index in [1.165, 1.54) is 6.07 Å². The van der Waals surface area contributed by atoms with Crippen LogP contribution in [-0.2, 0) is 5.41 Å². The number of nitrogens with one attached hydrogen (secondary N) is 2. The zero-order valence-corrected chi connectivity index (χ0v) is 13.3. The summed E-state index contributed by atoms with van der Waals surface area (Å²) in [6.45, 7) is 4.41. The SMILES string of the molecule is CCC(O)(CC)CNC(=O)NCC1(c2ccccc2F)CC1. The van der Waals surface area contributed by atoms with Crippen molar-refractivity contribution >= 4 is 6.03 Å². The Morgan fingerprint density at radius 3 is 2.45 bits per heavy atom. The van der Waals surface area contributed by atoms with Crippen molar-refractivity contribution < 1.29 is 14.3 Å². The minimum absolute atomic E-state index is 0.214. The number of carbonyl (C=O) groups excluding carboxylic acids is 1. The molecule has 3 N–H and O–H groups in total. The van der Waals surface area contributed by atoms with Crippen LogP contribution in [0.2, 0.25) is 0 Å². The van der Waals surface area contributed by atoms with E-state index in [0.29, 0.717) is 24.9 Å². The number of benzene rings is 1. The van der Waals surface area contributed by atoms with E-state index < -0.39 is 5.60 Å². The zero-order chi connectivity index (χ0) is 16.2.